The van der Waals surface area contributed by atoms with E-state index in [1.54, 1.807) is 43.5 Å². The molecule has 2 N–H and O–H groups in total. The van der Waals surface area contributed by atoms with Crippen molar-refractivity contribution < 1.29 is 19.0 Å². The van der Waals surface area contributed by atoms with Crippen LogP contribution in [-0.4, -0.2) is 37.4 Å². The summed E-state index contributed by atoms with van der Waals surface area (Å²) in [5.74, 6) is 1.87. The molecule has 0 spiro atoms. The minimum absolute atomic E-state index is 0.161. The molecule has 1 amide bonds. The van der Waals surface area contributed by atoms with E-state index in [0.29, 0.717) is 23.8 Å². The number of hydrogen-bond donors (Lipinski definition) is 2. The Balaban J connectivity index is 1.15. The smallest absolute Gasteiger partial charge is 0.417 e. The molecule has 40 heavy (non-hydrogen) atoms. The second-order valence-corrected chi connectivity index (χ2v) is 9.39. The Kier molecular flexibility index (Phi) is 8.51. The van der Waals surface area contributed by atoms with Crippen LogP contribution in [0.2, 0.25) is 0 Å². The Morgan fingerprint density at radius 2 is 1.40 bits per heavy atom. The third-order valence-electron chi connectivity index (χ3n) is 6.64. The molecule has 5 rings (SSSR count). The minimum atomic E-state index is -0.565. The number of amides is 1. The molecule has 0 saturated carbocycles. The van der Waals surface area contributed by atoms with E-state index in [2.05, 4.69) is 71.0 Å². The van der Waals surface area contributed by atoms with Crippen molar-refractivity contribution in [1.29, 1.82) is 0 Å². The van der Waals surface area contributed by atoms with E-state index >= 15 is 0 Å². The van der Waals surface area contributed by atoms with E-state index in [1.165, 1.54) is 16.8 Å². The van der Waals surface area contributed by atoms with Crippen molar-refractivity contribution in [2.75, 3.05) is 25.6 Å². The number of methoxy groups -OCH3 is 1. The van der Waals surface area contributed by atoms with Gasteiger partial charge in [-0.25, -0.2) is 4.79 Å². The molecule has 0 saturated heterocycles. The lowest BCUT2D eigenvalue weighted by molar-refractivity contribution is 0.215. The standard InChI is InChI=1S/C33H33N3O4/c1-24-34-31(25-10-5-3-6-11-25)32(26-12-7-4-8-13-26)36(24)22-9-23-39-29-16-14-27(15-17-29)35-33(37)40-30-20-18-28(38-2)19-21-30/h3-8,10-21,24,34H,9,22-23H2,1-2H3,(H,35,37). The van der Waals surface area contributed by atoms with Gasteiger partial charge < -0.3 is 24.4 Å². The molecule has 1 aliphatic rings. The summed E-state index contributed by atoms with van der Waals surface area (Å²) >= 11 is 0. The van der Waals surface area contributed by atoms with E-state index in [1.807, 2.05) is 24.3 Å². The van der Waals surface area contributed by atoms with Gasteiger partial charge in [-0.1, -0.05) is 60.7 Å². The van der Waals surface area contributed by atoms with E-state index < -0.39 is 6.09 Å². The third kappa shape index (κ3) is 6.56. The summed E-state index contributed by atoms with van der Waals surface area (Å²) in [6.45, 7) is 3.59. The van der Waals surface area contributed by atoms with Crippen LogP contribution in [0.25, 0.3) is 11.4 Å². The van der Waals surface area contributed by atoms with Crippen LogP contribution < -0.4 is 24.8 Å². The fourth-order valence-corrected chi connectivity index (χ4v) is 4.68. The maximum absolute atomic E-state index is 12.2. The van der Waals surface area contributed by atoms with Gasteiger partial charge in [-0.3, -0.25) is 5.32 Å². The highest BCUT2D eigenvalue weighted by molar-refractivity contribution is 5.91. The number of nitrogens with zero attached hydrogens (tertiary/aromatic N) is 1. The van der Waals surface area contributed by atoms with Gasteiger partial charge in [-0.05, 0) is 73.0 Å². The first-order chi connectivity index (χ1) is 19.6. The lowest BCUT2D eigenvalue weighted by atomic mass is 10.1. The van der Waals surface area contributed by atoms with E-state index in [0.717, 1.165) is 24.4 Å². The fraction of sp³-hybridized carbons (Fsp3) is 0.182. The zero-order chi connectivity index (χ0) is 27.7. The molecule has 1 heterocycles. The van der Waals surface area contributed by atoms with Crippen LogP contribution in [0, 0.1) is 0 Å². The Morgan fingerprint density at radius 3 is 2.05 bits per heavy atom. The highest BCUT2D eigenvalue weighted by atomic mass is 16.6. The SMILES string of the molecule is COc1ccc(OC(=O)Nc2ccc(OCCCN3C(c4ccccc4)=C(c4ccccc4)NC3C)cc2)cc1. The van der Waals surface area contributed by atoms with E-state index in [-0.39, 0.29) is 6.17 Å². The van der Waals surface area contributed by atoms with Gasteiger partial charge in [-0.2, -0.15) is 0 Å². The highest BCUT2D eigenvalue weighted by Gasteiger charge is 2.29. The molecular formula is C33H33N3O4. The number of rotatable bonds is 10. The second kappa shape index (κ2) is 12.8. The fourth-order valence-electron chi connectivity index (χ4n) is 4.68. The Morgan fingerprint density at radius 1 is 0.800 bits per heavy atom. The number of anilines is 1. The number of benzene rings is 4. The Labute approximate surface area is 235 Å². The molecule has 0 fully saturated rings. The van der Waals surface area contributed by atoms with Gasteiger partial charge in [-0.15, -0.1) is 0 Å². The first-order valence-electron chi connectivity index (χ1n) is 13.3. The normalized spacial score (nSPS) is 14.4. The minimum Gasteiger partial charge on any atom is -0.497 e. The van der Waals surface area contributed by atoms with Crippen LogP contribution in [0.5, 0.6) is 17.2 Å². The second-order valence-electron chi connectivity index (χ2n) is 9.39. The summed E-state index contributed by atoms with van der Waals surface area (Å²) in [5, 5.41) is 6.41. The van der Waals surface area contributed by atoms with Gasteiger partial charge in [0, 0.05) is 12.2 Å². The number of nitrogens with one attached hydrogen (secondary N) is 2. The molecular weight excluding hydrogens is 502 g/mol. The van der Waals surface area contributed by atoms with Gasteiger partial charge in [0.05, 0.1) is 31.3 Å². The molecule has 0 aliphatic carbocycles. The van der Waals surface area contributed by atoms with Crippen molar-refractivity contribution in [3.8, 4) is 17.2 Å². The molecule has 204 valence electrons. The van der Waals surface area contributed by atoms with Crippen LogP contribution >= 0.6 is 0 Å². The summed E-state index contributed by atoms with van der Waals surface area (Å²) in [4.78, 5) is 14.6. The van der Waals surface area contributed by atoms with Crippen molar-refractivity contribution in [3.63, 3.8) is 0 Å². The van der Waals surface area contributed by atoms with Crippen molar-refractivity contribution in [2.24, 2.45) is 0 Å². The molecule has 1 aliphatic heterocycles. The number of carbonyl (C=O) groups is 1. The first-order valence-corrected chi connectivity index (χ1v) is 13.3. The number of hydrogen-bond acceptors (Lipinski definition) is 6. The maximum Gasteiger partial charge on any atom is 0.417 e. The zero-order valence-corrected chi connectivity index (χ0v) is 22.7. The molecule has 7 heteroatoms. The van der Waals surface area contributed by atoms with Crippen molar-refractivity contribution >= 4 is 23.2 Å². The number of carbonyl (C=O) groups excluding carboxylic acids is 1. The molecule has 0 bridgehead atoms. The highest BCUT2D eigenvalue weighted by Crippen LogP contribution is 2.34. The van der Waals surface area contributed by atoms with E-state index in [4.69, 9.17) is 14.2 Å². The quantitative estimate of drug-likeness (QED) is 0.216. The maximum atomic E-state index is 12.2. The van der Waals surface area contributed by atoms with Crippen LogP contribution in [0.15, 0.2) is 109 Å². The largest absolute Gasteiger partial charge is 0.497 e. The predicted molar refractivity (Wildman–Crippen MR) is 158 cm³/mol. The summed E-state index contributed by atoms with van der Waals surface area (Å²) in [5.41, 5.74) is 5.33. The Bertz CT molecular complexity index is 1420. The average Bonchev–Trinajstić information content (AvgIpc) is 3.33. The summed E-state index contributed by atoms with van der Waals surface area (Å²) in [6.07, 6.45) is 0.441. The Hall–Kier alpha value is -4.91. The van der Waals surface area contributed by atoms with Crippen LogP contribution in [0.1, 0.15) is 24.5 Å². The lowest BCUT2D eigenvalue weighted by Crippen LogP contribution is -2.35. The molecule has 4 aromatic rings. The predicted octanol–water partition coefficient (Wildman–Crippen LogP) is 6.85. The van der Waals surface area contributed by atoms with Crippen molar-refractivity contribution in [3.05, 3.63) is 120 Å². The van der Waals surface area contributed by atoms with Gasteiger partial charge in [0.25, 0.3) is 0 Å². The van der Waals surface area contributed by atoms with Crippen LogP contribution in [-0.2, 0) is 0 Å². The molecule has 1 unspecified atom stereocenters. The molecule has 1 atom stereocenters. The van der Waals surface area contributed by atoms with E-state index in [9.17, 15) is 4.79 Å². The molecule has 4 aromatic carbocycles. The van der Waals surface area contributed by atoms with Gasteiger partial charge in [0.2, 0.25) is 0 Å². The van der Waals surface area contributed by atoms with Gasteiger partial charge >= 0.3 is 6.09 Å². The van der Waals surface area contributed by atoms with Gasteiger partial charge in [0.1, 0.15) is 17.2 Å². The monoisotopic (exact) mass is 535 g/mol. The van der Waals surface area contributed by atoms with Crippen molar-refractivity contribution in [2.45, 2.75) is 19.5 Å². The summed E-state index contributed by atoms with van der Waals surface area (Å²) in [6, 6.07) is 35.0. The van der Waals surface area contributed by atoms with Crippen LogP contribution in [0.3, 0.4) is 0 Å². The number of ether oxygens (including phenoxy) is 3. The lowest BCUT2D eigenvalue weighted by Gasteiger charge is -2.27. The van der Waals surface area contributed by atoms with Crippen molar-refractivity contribution in [1.82, 2.24) is 10.2 Å². The summed E-state index contributed by atoms with van der Waals surface area (Å²) in [7, 11) is 1.59. The average molecular weight is 536 g/mol. The third-order valence-corrected chi connectivity index (χ3v) is 6.64. The van der Waals surface area contributed by atoms with Crippen LogP contribution in [0.4, 0.5) is 10.5 Å². The molecule has 0 aromatic heterocycles. The molecule has 0 radical (unpaired) electrons. The topological polar surface area (TPSA) is 72.1 Å². The van der Waals surface area contributed by atoms with Gasteiger partial charge in [0.15, 0.2) is 0 Å². The zero-order valence-electron chi connectivity index (χ0n) is 22.7. The molecule has 7 nitrogen and oxygen atoms in total. The first kappa shape index (κ1) is 26.7. The summed E-state index contributed by atoms with van der Waals surface area (Å²) < 4.78 is 16.4.